The van der Waals surface area contributed by atoms with E-state index in [4.69, 9.17) is 0 Å². The Balaban J connectivity index is 2.32. The average Bonchev–Trinajstić information content (AvgIpc) is 2.46. The Bertz CT molecular complexity index is 325. The first kappa shape index (κ1) is 17.0. The van der Waals surface area contributed by atoms with Gasteiger partial charge >= 0.3 is 0 Å². The lowest BCUT2D eigenvalue weighted by molar-refractivity contribution is -0.137. The van der Waals surface area contributed by atoms with Gasteiger partial charge in [-0.15, -0.1) is 0 Å². The van der Waals surface area contributed by atoms with E-state index in [0.717, 1.165) is 39.0 Å². The highest BCUT2D eigenvalue weighted by atomic mass is 16.2. The summed E-state index contributed by atoms with van der Waals surface area (Å²) in [6.45, 7) is 11.6. The van der Waals surface area contributed by atoms with Gasteiger partial charge in [0, 0.05) is 38.1 Å². The van der Waals surface area contributed by atoms with Gasteiger partial charge in [0.15, 0.2) is 0 Å². The average molecular weight is 283 g/mol. The molecule has 20 heavy (non-hydrogen) atoms. The van der Waals surface area contributed by atoms with Crippen LogP contribution in [-0.4, -0.2) is 60.4 Å². The van der Waals surface area contributed by atoms with Crippen LogP contribution >= 0.6 is 0 Å². The Morgan fingerprint density at radius 2 is 1.65 bits per heavy atom. The van der Waals surface area contributed by atoms with E-state index in [1.165, 1.54) is 0 Å². The molecule has 0 spiro atoms. The fourth-order valence-corrected chi connectivity index (χ4v) is 2.24. The molecule has 0 radical (unpaired) electrons. The maximum atomic E-state index is 12.1. The molecule has 1 aliphatic rings. The van der Waals surface area contributed by atoms with E-state index in [9.17, 15) is 9.59 Å². The molecule has 2 amide bonds. The van der Waals surface area contributed by atoms with Crippen LogP contribution in [0.2, 0.25) is 0 Å². The zero-order chi connectivity index (χ0) is 15.1. The number of hydrogen-bond acceptors (Lipinski definition) is 3. The summed E-state index contributed by atoms with van der Waals surface area (Å²) in [7, 11) is 0. The minimum Gasteiger partial charge on any atom is -0.353 e. The summed E-state index contributed by atoms with van der Waals surface area (Å²) in [5.41, 5.74) is 0. The molecule has 2 unspecified atom stereocenters. The number of nitrogens with one attached hydrogen (secondary N) is 1. The van der Waals surface area contributed by atoms with E-state index in [1.807, 2.05) is 25.7 Å². The molecular weight excluding hydrogens is 254 g/mol. The predicted molar refractivity (Wildman–Crippen MR) is 80.4 cm³/mol. The highest BCUT2D eigenvalue weighted by Gasteiger charge is 2.24. The standard InChI is InChI=1S/C15H29N3O2/c1-5-12(3)15(20)18-9-7-17(8-10-18)11-14(19)16-13(4)6-2/h12-13H,5-11H2,1-4H3,(H,16,19). The highest BCUT2D eigenvalue weighted by Crippen LogP contribution is 2.09. The van der Waals surface area contributed by atoms with Gasteiger partial charge in [-0.25, -0.2) is 0 Å². The number of carbonyl (C=O) groups is 2. The zero-order valence-electron chi connectivity index (χ0n) is 13.3. The first-order valence-electron chi connectivity index (χ1n) is 7.78. The molecule has 0 aliphatic carbocycles. The second-order valence-corrected chi connectivity index (χ2v) is 5.79. The number of piperazine rings is 1. The Labute approximate surface area is 122 Å². The van der Waals surface area contributed by atoms with E-state index >= 15 is 0 Å². The molecule has 5 nitrogen and oxygen atoms in total. The van der Waals surface area contributed by atoms with E-state index in [0.29, 0.717) is 6.54 Å². The molecule has 5 heteroatoms. The Morgan fingerprint density at radius 1 is 1.05 bits per heavy atom. The van der Waals surface area contributed by atoms with Crippen molar-refractivity contribution in [2.45, 2.75) is 46.6 Å². The monoisotopic (exact) mass is 283 g/mol. The molecule has 0 aromatic carbocycles. The Morgan fingerprint density at radius 3 is 2.15 bits per heavy atom. The van der Waals surface area contributed by atoms with Crippen LogP contribution in [0.1, 0.15) is 40.5 Å². The molecule has 1 aliphatic heterocycles. The third kappa shape index (κ3) is 5.12. The van der Waals surface area contributed by atoms with Crippen LogP contribution in [0.15, 0.2) is 0 Å². The van der Waals surface area contributed by atoms with Crippen molar-refractivity contribution in [1.29, 1.82) is 0 Å². The normalized spacial score (nSPS) is 19.5. The minimum absolute atomic E-state index is 0.0843. The third-order valence-electron chi connectivity index (χ3n) is 4.10. The molecule has 0 aromatic rings. The molecule has 0 saturated carbocycles. The van der Waals surface area contributed by atoms with E-state index in [1.54, 1.807) is 0 Å². The fraction of sp³-hybridized carbons (Fsp3) is 0.867. The van der Waals surface area contributed by atoms with Crippen molar-refractivity contribution in [3.63, 3.8) is 0 Å². The molecule has 1 rings (SSSR count). The van der Waals surface area contributed by atoms with Gasteiger partial charge in [-0.05, 0) is 19.8 Å². The summed E-state index contributed by atoms with van der Waals surface area (Å²) in [4.78, 5) is 27.9. The van der Waals surface area contributed by atoms with Crippen LogP contribution in [-0.2, 0) is 9.59 Å². The molecule has 1 fully saturated rings. The van der Waals surface area contributed by atoms with Crippen LogP contribution in [0, 0.1) is 5.92 Å². The van der Waals surface area contributed by atoms with E-state index < -0.39 is 0 Å². The van der Waals surface area contributed by atoms with Crippen molar-refractivity contribution >= 4 is 11.8 Å². The topological polar surface area (TPSA) is 52.7 Å². The van der Waals surface area contributed by atoms with Crippen molar-refractivity contribution in [3.05, 3.63) is 0 Å². The van der Waals surface area contributed by atoms with Crippen molar-refractivity contribution < 1.29 is 9.59 Å². The van der Waals surface area contributed by atoms with Crippen molar-refractivity contribution in [2.24, 2.45) is 5.92 Å². The van der Waals surface area contributed by atoms with Crippen molar-refractivity contribution in [1.82, 2.24) is 15.1 Å². The van der Waals surface area contributed by atoms with E-state index in [-0.39, 0.29) is 23.8 Å². The lowest BCUT2D eigenvalue weighted by atomic mass is 10.1. The molecular formula is C15H29N3O2. The maximum Gasteiger partial charge on any atom is 0.234 e. The number of hydrogen-bond donors (Lipinski definition) is 1. The maximum absolute atomic E-state index is 12.1. The second kappa shape index (κ2) is 8.25. The van der Waals surface area contributed by atoms with Gasteiger partial charge in [-0.1, -0.05) is 20.8 Å². The summed E-state index contributed by atoms with van der Waals surface area (Å²) in [5, 5.41) is 2.98. The highest BCUT2D eigenvalue weighted by molar-refractivity contribution is 5.79. The Kier molecular flexibility index (Phi) is 6.99. The molecule has 2 atom stereocenters. The number of rotatable bonds is 6. The smallest absolute Gasteiger partial charge is 0.234 e. The molecule has 0 aromatic heterocycles. The lowest BCUT2D eigenvalue weighted by Crippen LogP contribution is -2.52. The van der Waals surface area contributed by atoms with Gasteiger partial charge in [0.1, 0.15) is 0 Å². The van der Waals surface area contributed by atoms with Crippen LogP contribution in [0.5, 0.6) is 0 Å². The van der Waals surface area contributed by atoms with Gasteiger partial charge in [-0.3, -0.25) is 14.5 Å². The second-order valence-electron chi connectivity index (χ2n) is 5.79. The zero-order valence-corrected chi connectivity index (χ0v) is 13.3. The van der Waals surface area contributed by atoms with Crippen LogP contribution in [0.25, 0.3) is 0 Å². The quantitative estimate of drug-likeness (QED) is 0.794. The first-order valence-corrected chi connectivity index (χ1v) is 7.78. The fourth-order valence-electron chi connectivity index (χ4n) is 2.24. The van der Waals surface area contributed by atoms with Crippen LogP contribution < -0.4 is 5.32 Å². The molecule has 1 saturated heterocycles. The van der Waals surface area contributed by atoms with Crippen LogP contribution in [0.4, 0.5) is 0 Å². The number of nitrogens with zero attached hydrogens (tertiary/aromatic N) is 2. The van der Waals surface area contributed by atoms with Gasteiger partial charge in [0.25, 0.3) is 0 Å². The largest absolute Gasteiger partial charge is 0.353 e. The molecule has 0 bridgehead atoms. The van der Waals surface area contributed by atoms with Gasteiger partial charge in [0.2, 0.25) is 11.8 Å². The van der Waals surface area contributed by atoms with E-state index in [2.05, 4.69) is 17.1 Å². The van der Waals surface area contributed by atoms with Gasteiger partial charge < -0.3 is 10.2 Å². The summed E-state index contributed by atoms with van der Waals surface area (Å²) in [6.07, 6.45) is 1.83. The summed E-state index contributed by atoms with van der Waals surface area (Å²) >= 11 is 0. The molecule has 1 heterocycles. The third-order valence-corrected chi connectivity index (χ3v) is 4.10. The van der Waals surface area contributed by atoms with Crippen molar-refractivity contribution in [3.8, 4) is 0 Å². The predicted octanol–water partition coefficient (Wildman–Crippen LogP) is 1.09. The minimum atomic E-state index is 0.0843. The van der Waals surface area contributed by atoms with Gasteiger partial charge in [-0.2, -0.15) is 0 Å². The van der Waals surface area contributed by atoms with Crippen LogP contribution in [0.3, 0.4) is 0 Å². The summed E-state index contributed by atoms with van der Waals surface area (Å²) in [6, 6.07) is 0.232. The number of carbonyl (C=O) groups excluding carboxylic acids is 2. The summed E-state index contributed by atoms with van der Waals surface area (Å²) < 4.78 is 0. The van der Waals surface area contributed by atoms with Crippen molar-refractivity contribution in [2.75, 3.05) is 32.7 Å². The lowest BCUT2D eigenvalue weighted by Gasteiger charge is -2.35. The Hall–Kier alpha value is -1.10. The SMILES string of the molecule is CCC(C)NC(=O)CN1CCN(C(=O)C(C)CC)CC1. The summed E-state index contributed by atoms with van der Waals surface area (Å²) in [5.74, 6) is 0.438. The number of amides is 2. The molecule has 116 valence electrons. The molecule has 1 N–H and O–H groups in total. The first-order chi connectivity index (χ1) is 9.47. The van der Waals surface area contributed by atoms with Gasteiger partial charge in [0.05, 0.1) is 6.54 Å².